The van der Waals surface area contributed by atoms with Crippen molar-refractivity contribution in [3.05, 3.63) is 57.0 Å². The quantitative estimate of drug-likeness (QED) is 0.686. The van der Waals surface area contributed by atoms with Gasteiger partial charge in [0.05, 0.1) is 9.95 Å². The van der Waals surface area contributed by atoms with Gasteiger partial charge in [0.15, 0.2) is 0 Å². The Kier molecular flexibility index (Phi) is 3.99. The van der Waals surface area contributed by atoms with Crippen LogP contribution in [0.15, 0.2) is 30.5 Å². The molecule has 0 aliphatic carbocycles. The number of hydrogen-bond donors (Lipinski definition) is 1. The van der Waals surface area contributed by atoms with E-state index >= 15 is 0 Å². The largest absolute Gasteiger partial charge is 0.477 e. The van der Waals surface area contributed by atoms with Crippen LogP contribution in [-0.2, 0) is 0 Å². The van der Waals surface area contributed by atoms with Gasteiger partial charge in [-0.1, -0.05) is 11.6 Å². The molecule has 1 heterocycles. The topological polar surface area (TPSA) is 103 Å². The van der Waals surface area contributed by atoms with Crippen LogP contribution in [0.4, 0.5) is 10.1 Å². The minimum atomic E-state index is -1.49. The molecule has 7 nitrogen and oxygen atoms in total. The number of ether oxygens (including phenoxy) is 1. The molecular weight excluding hydrogens is 307 g/mol. The summed E-state index contributed by atoms with van der Waals surface area (Å²) in [5, 5.41) is 19.4. The van der Waals surface area contributed by atoms with Crippen molar-refractivity contribution >= 4 is 23.3 Å². The van der Waals surface area contributed by atoms with Crippen molar-refractivity contribution < 1.29 is 24.0 Å². The number of nitrogens with zero attached hydrogens (tertiary/aromatic N) is 2. The molecule has 0 amide bonds. The summed E-state index contributed by atoms with van der Waals surface area (Å²) < 4.78 is 18.2. The first-order valence-electron chi connectivity index (χ1n) is 5.39. The van der Waals surface area contributed by atoms with Gasteiger partial charge in [-0.2, -0.15) is 0 Å². The summed E-state index contributed by atoms with van der Waals surface area (Å²) in [6.45, 7) is 0. The Morgan fingerprint density at radius 3 is 2.71 bits per heavy atom. The Hall–Kier alpha value is -2.74. The van der Waals surface area contributed by atoms with Gasteiger partial charge in [-0.05, 0) is 12.1 Å². The molecule has 0 saturated heterocycles. The van der Waals surface area contributed by atoms with Crippen LogP contribution in [0.5, 0.6) is 11.6 Å². The Labute approximate surface area is 121 Å². The lowest BCUT2D eigenvalue weighted by Gasteiger charge is -2.06. The first-order chi connectivity index (χ1) is 9.88. The van der Waals surface area contributed by atoms with Crippen LogP contribution in [0.3, 0.4) is 0 Å². The Morgan fingerprint density at radius 1 is 1.43 bits per heavy atom. The lowest BCUT2D eigenvalue weighted by Crippen LogP contribution is -2.04. The van der Waals surface area contributed by atoms with Crippen molar-refractivity contribution in [2.75, 3.05) is 0 Å². The molecule has 21 heavy (non-hydrogen) atoms. The van der Waals surface area contributed by atoms with Crippen LogP contribution in [0.25, 0.3) is 0 Å². The lowest BCUT2D eigenvalue weighted by molar-refractivity contribution is -0.385. The van der Waals surface area contributed by atoms with Gasteiger partial charge in [0.25, 0.3) is 0 Å². The van der Waals surface area contributed by atoms with Crippen molar-refractivity contribution in [1.82, 2.24) is 4.98 Å². The molecule has 108 valence electrons. The van der Waals surface area contributed by atoms with Crippen LogP contribution in [0.2, 0.25) is 5.02 Å². The second-order valence-corrected chi connectivity index (χ2v) is 4.19. The standard InChI is InChI=1S/C12H6ClFN2O5/c13-8-3-6(1-2-9(8)14)21-11-4-7(12(17)18)10(5-15-11)16(19)20/h1-5H,(H,17,18). The number of rotatable bonds is 4. The molecule has 2 rings (SSSR count). The molecular formula is C12H6ClFN2O5. The van der Waals surface area contributed by atoms with Crippen molar-refractivity contribution in [2.24, 2.45) is 0 Å². The highest BCUT2D eigenvalue weighted by Gasteiger charge is 2.21. The predicted octanol–water partition coefficient (Wildman–Crippen LogP) is 3.27. The third-order valence-corrected chi connectivity index (χ3v) is 2.69. The molecule has 0 atom stereocenters. The Morgan fingerprint density at radius 2 is 2.14 bits per heavy atom. The van der Waals surface area contributed by atoms with E-state index in [0.29, 0.717) is 0 Å². The summed E-state index contributed by atoms with van der Waals surface area (Å²) in [7, 11) is 0. The fourth-order valence-electron chi connectivity index (χ4n) is 1.46. The zero-order valence-corrected chi connectivity index (χ0v) is 10.9. The van der Waals surface area contributed by atoms with E-state index in [1.807, 2.05) is 0 Å². The van der Waals surface area contributed by atoms with Gasteiger partial charge in [0.2, 0.25) is 5.88 Å². The van der Waals surface area contributed by atoms with Gasteiger partial charge >= 0.3 is 11.7 Å². The number of nitro groups is 1. The van der Waals surface area contributed by atoms with Gasteiger partial charge in [-0.25, -0.2) is 14.2 Å². The third-order valence-electron chi connectivity index (χ3n) is 2.40. The first kappa shape index (κ1) is 14.7. The summed E-state index contributed by atoms with van der Waals surface area (Å²) in [6.07, 6.45) is 0.768. The van der Waals surface area contributed by atoms with Crippen LogP contribution >= 0.6 is 11.6 Å². The smallest absolute Gasteiger partial charge is 0.342 e. The molecule has 0 aliphatic heterocycles. The van der Waals surface area contributed by atoms with Crippen LogP contribution in [-0.4, -0.2) is 21.0 Å². The Bertz CT molecular complexity index is 738. The highest BCUT2D eigenvalue weighted by Crippen LogP contribution is 2.27. The first-order valence-corrected chi connectivity index (χ1v) is 5.77. The third kappa shape index (κ3) is 3.23. The molecule has 1 aromatic carbocycles. The normalized spacial score (nSPS) is 10.2. The van der Waals surface area contributed by atoms with E-state index in [0.717, 1.165) is 18.3 Å². The van der Waals surface area contributed by atoms with Crippen molar-refractivity contribution in [3.63, 3.8) is 0 Å². The summed E-state index contributed by atoms with van der Waals surface area (Å²) >= 11 is 5.57. The average Bonchev–Trinajstić information content (AvgIpc) is 2.42. The SMILES string of the molecule is O=C(O)c1cc(Oc2ccc(F)c(Cl)c2)ncc1[N+](=O)[O-]. The molecule has 1 N–H and O–H groups in total. The van der Waals surface area contributed by atoms with Crippen LogP contribution < -0.4 is 4.74 Å². The van der Waals surface area contributed by atoms with Crippen molar-refractivity contribution in [3.8, 4) is 11.6 Å². The highest BCUT2D eigenvalue weighted by atomic mass is 35.5. The zero-order chi connectivity index (χ0) is 15.6. The molecule has 0 aliphatic rings. The molecule has 2 aromatic rings. The maximum Gasteiger partial charge on any atom is 0.342 e. The van der Waals surface area contributed by atoms with Crippen LogP contribution in [0.1, 0.15) is 10.4 Å². The molecule has 1 aromatic heterocycles. The molecule has 0 unspecified atom stereocenters. The molecule has 0 spiro atoms. The number of aromatic nitrogens is 1. The maximum absolute atomic E-state index is 13.0. The second kappa shape index (κ2) is 5.71. The monoisotopic (exact) mass is 312 g/mol. The summed E-state index contributed by atoms with van der Waals surface area (Å²) in [5.41, 5.74) is -1.23. The average molecular weight is 313 g/mol. The molecule has 0 radical (unpaired) electrons. The minimum Gasteiger partial charge on any atom is -0.477 e. The van der Waals surface area contributed by atoms with E-state index in [9.17, 15) is 19.3 Å². The van der Waals surface area contributed by atoms with E-state index in [1.54, 1.807) is 0 Å². The number of aromatic carboxylic acids is 1. The number of carbonyl (C=O) groups is 1. The van der Waals surface area contributed by atoms with Crippen LogP contribution in [0, 0.1) is 15.9 Å². The van der Waals surface area contributed by atoms with Gasteiger partial charge < -0.3 is 9.84 Å². The summed E-state index contributed by atoms with van der Waals surface area (Å²) in [5.74, 6) is -2.22. The molecule has 0 saturated carbocycles. The van der Waals surface area contributed by atoms with Crippen molar-refractivity contribution in [2.45, 2.75) is 0 Å². The molecule has 0 bridgehead atoms. The van der Waals surface area contributed by atoms with Gasteiger partial charge in [-0.3, -0.25) is 10.1 Å². The lowest BCUT2D eigenvalue weighted by atomic mass is 10.2. The predicted molar refractivity (Wildman–Crippen MR) is 69.3 cm³/mol. The Balaban J connectivity index is 2.36. The fourth-order valence-corrected chi connectivity index (χ4v) is 1.63. The van der Waals surface area contributed by atoms with E-state index in [4.69, 9.17) is 21.4 Å². The van der Waals surface area contributed by atoms with Gasteiger partial charge in [-0.15, -0.1) is 0 Å². The van der Waals surface area contributed by atoms with Gasteiger partial charge in [0.1, 0.15) is 23.3 Å². The van der Waals surface area contributed by atoms with E-state index in [1.165, 1.54) is 12.1 Å². The number of halogens is 2. The highest BCUT2D eigenvalue weighted by molar-refractivity contribution is 6.30. The fraction of sp³-hybridized carbons (Fsp3) is 0. The molecule has 9 heteroatoms. The summed E-state index contributed by atoms with van der Waals surface area (Å²) in [4.78, 5) is 24.4. The van der Waals surface area contributed by atoms with E-state index < -0.39 is 28.0 Å². The molecule has 0 fully saturated rings. The number of benzene rings is 1. The van der Waals surface area contributed by atoms with Crippen molar-refractivity contribution in [1.29, 1.82) is 0 Å². The zero-order valence-electron chi connectivity index (χ0n) is 10.1. The second-order valence-electron chi connectivity index (χ2n) is 3.78. The summed E-state index contributed by atoms with van der Waals surface area (Å²) in [6, 6.07) is 4.38. The van der Waals surface area contributed by atoms with Gasteiger partial charge in [0, 0.05) is 12.1 Å². The van der Waals surface area contributed by atoms with E-state index in [-0.39, 0.29) is 16.7 Å². The number of carboxylic acid groups (broad SMARTS) is 1. The minimum absolute atomic E-state index is 0.110. The number of carboxylic acids is 1. The number of pyridine rings is 1. The van der Waals surface area contributed by atoms with E-state index in [2.05, 4.69) is 4.98 Å². The maximum atomic E-state index is 13.0. The number of hydrogen-bond acceptors (Lipinski definition) is 5.